The highest BCUT2D eigenvalue weighted by Gasteiger charge is 2.34. The van der Waals surface area contributed by atoms with E-state index >= 15 is 0 Å². The second kappa shape index (κ2) is 4.91. The van der Waals surface area contributed by atoms with Crippen molar-refractivity contribution in [3.05, 3.63) is 36.5 Å². The molecule has 0 heterocycles. The molecule has 94 valence electrons. The van der Waals surface area contributed by atoms with E-state index in [0.29, 0.717) is 0 Å². The summed E-state index contributed by atoms with van der Waals surface area (Å²) in [5, 5.41) is 0. The Bertz CT molecular complexity index is 376. The molecule has 1 aliphatic carbocycles. The van der Waals surface area contributed by atoms with Gasteiger partial charge in [0.25, 0.3) is 0 Å². The molecule has 0 bridgehead atoms. The summed E-state index contributed by atoms with van der Waals surface area (Å²) in [4.78, 5) is 13.3. The molecule has 1 atom stereocenters. The highest BCUT2D eigenvalue weighted by molar-refractivity contribution is 5.74. The summed E-state index contributed by atoms with van der Waals surface area (Å²) >= 11 is 0. The van der Waals surface area contributed by atoms with E-state index in [0.717, 1.165) is 18.4 Å². The number of likely N-dealkylation sites (N-methyl/N-ethyl adjacent to an activating group) is 1. The first-order chi connectivity index (χ1) is 7.85. The Labute approximate surface area is 105 Å². The minimum Gasteiger partial charge on any atom is -0.339 e. The van der Waals surface area contributed by atoms with Crippen LogP contribution in [0.1, 0.15) is 33.6 Å². The first-order valence-corrected chi connectivity index (χ1v) is 6.08. The number of hydrogen-bond donors (Lipinski definition) is 0. The molecule has 17 heavy (non-hydrogen) atoms. The van der Waals surface area contributed by atoms with Crippen molar-refractivity contribution in [3.8, 4) is 0 Å². The van der Waals surface area contributed by atoms with Crippen LogP contribution in [-0.4, -0.2) is 23.9 Å². The summed E-state index contributed by atoms with van der Waals surface area (Å²) in [6.45, 7) is 13.8. The minimum absolute atomic E-state index is 0.0949. The van der Waals surface area contributed by atoms with Crippen molar-refractivity contribution in [2.45, 2.75) is 39.7 Å². The fraction of sp³-hybridized carbons (Fsp3) is 0.533. The van der Waals surface area contributed by atoms with Gasteiger partial charge in [-0.25, -0.2) is 0 Å². The topological polar surface area (TPSA) is 20.3 Å². The molecule has 0 spiro atoms. The Balaban J connectivity index is 3.25. The van der Waals surface area contributed by atoms with Crippen molar-refractivity contribution < 1.29 is 4.79 Å². The lowest BCUT2D eigenvalue weighted by Crippen LogP contribution is -2.41. The summed E-state index contributed by atoms with van der Waals surface area (Å²) < 4.78 is 0. The zero-order valence-corrected chi connectivity index (χ0v) is 11.4. The van der Waals surface area contributed by atoms with E-state index in [4.69, 9.17) is 0 Å². The van der Waals surface area contributed by atoms with E-state index in [2.05, 4.69) is 27.0 Å². The molecule has 0 aromatic rings. The standard InChI is InChI=1S/C15H23NO/c1-7-12-13(8-2)15(4,5)10-9-14(12)16(6)11(3)17/h7-8,14H,1-2,9-10H2,3-6H3. The van der Waals surface area contributed by atoms with Gasteiger partial charge >= 0.3 is 0 Å². The Hall–Kier alpha value is -1.31. The maximum Gasteiger partial charge on any atom is 0.219 e. The molecule has 0 N–H and O–H groups in total. The molecular weight excluding hydrogens is 210 g/mol. The van der Waals surface area contributed by atoms with Crippen molar-refractivity contribution in [1.29, 1.82) is 0 Å². The monoisotopic (exact) mass is 233 g/mol. The third-order valence-corrected chi connectivity index (χ3v) is 3.83. The van der Waals surface area contributed by atoms with Crippen molar-refractivity contribution in [2.75, 3.05) is 7.05 Å². The molecule has 0 fully saturated rings. The summed E-state index contributed by atoms with van der Waals surface area (Å²) in [5.41, 5.74) is 2.49. The number of carbonyl (C=O) groups is 1. The molecule has 1 aliphatic rings. The maximum atomic E-state index is 11.5. The smallest absolute Gasteiger partial charge is 0.219 e. The Morgan fingerprint density at radius 3 is 2.41 bits per heavy atom. The predicted molar refractivity (Wildman–Crippen MR) is 72.7 cm³/mol. The lowest BCUT2D eigenvalue weighted by Gasteiger charge is -2.40. The molecule has 1 amide bonds. The maximum absolute atomic E-state index is 11.5. The van der Waals surface area contributed by atoms with E-state index < -0.39 is 0 Å². The number of hydrogen-bond acceptors (Lipinski definition) is 1. The summed E-state index contributed by atoms with van der Waals surface area (Å²) in [6.07, 6.45) is 5.84. The number of allylic oxidation sites excluding steroid dienone is 2. The van der Waals surface area contributed by atoms with Gasteiger partial charge in [-0.1, -0.05) is 39.2 Å². The van der Waals surface area contributed by atoms with Crippen LogP contribution in [0.4, 0.5) is 0 Å². The predicted octanol–water partition coefficient (Wildman–Crippen LogP) is 3.32. The molecule has 0 radical (unpaired) electrons. The first-order valence-electron chi connectivity index (χ1n) is 6.08. The van der Waals surface area contributed by atoms with Crippen LogP contribution in [0.3, 0.4) is 0 Å². The quantitative estimate of drug-likeness (QED) is 0.732. The van der Waals surface area contributed by atoms with Gasteiger partial charge in [0.2, 0.25) is 5.91 Å². The highest BCUT2D eigenvalue weighted by atomic mass is 16.2. The van der Waals surface area contributed by atoms with Gasteiger partial charge in [0, 0.05) is 14.0 Å². The summed E-state index contributed by atoms with van der Waals surface area (Å²) in [5.74, 6) is 0.0949. The molecule has 0 aromatic heterocycles. The molecule has 0 aromatic carbocycles. The van der Waals surface area contributed by atoms with Gasteiger partial charge in [-0.3, -0.25) is 4.79 Å². The Kier molecular flexibility index (Phi) is 3.97. The Morgan fingerprint density at radius 1 is 1.41 bits per heavy atom. The number of nitrogens with zero attached hydrogens (tertiary/aromatic N) is 1. The van der Waals surface area contributed by atoms with Gasteiger partial charge in [-0.05, 0) is 29.4 Å². The molecular formula is C15H23NO. The third-order valence-electron chi connectivity index (χ3n) is 3.83. The van der Waals surface area contributed by atoms with Gasteiger partial charge < -0.3 is 4.90 Å². The van der Waals surface area contributed by atoms with Crippen LogP contribution < -0.4 is 0 Å². The lowest BCUT2D eigenvalue weighted by molar-refractivity contribution is -0.129. The van der Waals surface area contributed by atoms with Crippen LogP contribution in [0.2, 0.25) is 0 Å². The average Bonchev–Trinajstić information content (AvgIpc) is 2.26. The van der Waals surface area contributed by atoms with Gasteiger partial charge in [-0.15, -0.1) is 0 Å². The van der Waals surface area contributed by atoms with Crippen LogP contribution in [-0.2, 0) is 4.79 Å². The van der Waals surface area contributed by atoms with Crippen LogP contribution in [0.5, 0.6) is 0 Å². The molecule has 0 saturated heterocycles. The molecule has 2 nitrogen and oxygen atoms in total. The molecule has 1 unspecified atom stereocenters. The SMILES string of the molecule is C=CC1=C(C=C)C(C)(C)CCC1N(C)C(C)=O. The molecule has 0 saturated carbocycles. The lowest BCUT2D eigenvalue weighted by atomic mass is 9.70. The molecule has 2 heteroatoms. The minimum atomic E-state index is 0.0949. The number of rotatable bonds is 3. The van der Waals surface area contributed by atoms with E-state index in [1.165, 1.54) is 5.57 Å². The first kappa shape index (κ1) is 13.8. The van der Waals surface area contributed by atoms with E-state index in [-0.39, 0.29) is 17.4 Å². The summed E-state index contributed by atoms with van der Waals surface area (Å²) in [6, 6.07) is 0.144. The van der Waals surface area contributed by atoms with Crippen LogP contribution in [0.15, 0.2) is 36.5 Å². The van der Waals surface area contributed by atoms with E-state index in [9.17, 15) is 4.79 Å². The third kappa shape index (κ3) is 2.51. The second-order valence-electron chi connectivity index (χ2n) is 5.35. The summed E-state index contributed by atoms with van der Waals surface area (Å²) in [7, 11) is 1.86. The van der Waals surface area contributed by atoms with Crippen LogP contribution in [0, 0.1) is 5.41 Å². The highest BCUT2D eigenvalue weighted by Crippen LogP contribution is 2.42. The van der Waals surface area contributed by atoms with Gasteiger partial charge in [0.05, 0.1) is 6.04 Å². The zero-order valence-electron chi connectivity index (χ0n) is 11.4. The Morgan fingerprint density at radius 2 is 2.00 bits per heavy atom. The normalized spacial score (nSPS) is 23.2. The van der Waals surface area contributed by atoms with Crippen molar-refractivity contribution in [3.63, 3.8) is 0 Å². The van der Waals surface area contributed by atoms with Crippen molar-refractivity contribution >= 4 is 5.91 Å². The van der Waals surface area contributed by atoms with E-state index in [1.54, 1.807) is 11.8 Å². The van der Waals surface area contributed by atoms with Crippen LogP contribution >= 0.6 is 0 Å². The largest absolute Gasteiger partial charge is 0.339 e. The van der Waals surface area contributed by atoms with Gasteiger partial charge in [0.1, 0.15) is 0 Å². The second-order valence-corrected chi connectivity index (χ2v) is 5.35. The van der Waals surface area contributed by atoms with Crippen molar-refractivity contribution in [1.82, 2.24) is 4.90 Å². The number of amides is 1. The van der Waals surface area contributed by atoms with Crippen LogP contribution in [0.25, 0.3) is 0 Å². The number of carbonyl (C=O) groups excluding carboxylic acids is 1. The van der Waals surface area contributed by atoms with Gasteiger partial charge in [0.15, 0.2) is 0 Å². The molecule has 0 aliphatic heterocycles. The average molecular weight is 233 g/mol. The fourth-order valence-corrected chi connectivity index (χ4v) is 2.62. The van der Waals surface area contributed by atoms with Gasteiger partial charge in [-0.2, -0.15) is 0 Å². The molecule has 1 rings (SSSR count). The van der Waals surface area contributed by atoms with E-state index in [1.807, 2.05) is 19.2 Å². The zero-order chi connectivity index (χ0) is 13.2. The fourth-order valence-electron chi connectivity index (χ4n) is 2.62. The van der Waals surface area contributed by atoms with Crippen molar-refractivity contribution in [2.24, 2.45) is 5.41 Å².